The first-order valence-electron chi connectivity index (χ1n) is 7.66. The lowest BCUT2D eigenvalue weighted by molar-refractivity contribution is 0.0780. The first-order chi connectivity index (χ1) is 12.1. The number of nitrogens with zero attached hydrogens (tertiary/aromatic N) is 2. The van der Waals surface area contributed by atoms with Gasteiger partial charge in [-0.05, 0) is 29.8 Å². The average Bonchev–Trinajstić information content (AvgIpc) is 3.12. The number of carbonyl (C=O) groups excluding carboxylic acids is 1. The molecule has 0 saturated carbocycles. The van der Waals surface area contributed by atoms with Gasteiger partial charge in [0.2, 0.25) is 0 Å². The number of methoxy groups -OCH3 is 1. The Morgan fingerprint density at radius 3 is 2.48 bits per heavy atom. The molecular weight excluding hydrogens is 356 g/mol. The number of halogens is 1. The number of ether oxygens (including phenoxy) is 1. The Bertz CT molecular complexity index is 860. The van der Waals surface area contributed by atoms with Gasteiger partial charge in [0.25, 0.3) is 5.91 Å². The zero-order valence-corrected chi connectivity index (χ0v) is 15.5. The van der Waals surface area contributed by atoms with Crippen LogP contribution in [0, 0.1) is 0 Å². The minimum absolute atomic E-state index is 0.104. The van der Waals surface area contributed by atoms with Crippen LogP contribution in [0.2, 0.25) is 5.02 Å². The van der Waals surface area contributed by atoms with E-state index in [0.29, 0.717) is 17.3 Å². The van der Waals surface area contributed by atoms with Crippen molar-refractivity contribution in [2.45, 2.75) is 6.54 Å². The van der Waals surface area contributed by atoms with Crippen molar-refractivity contribution in [3.8, 4) is 16.3 Å². The third-order valence-electron chi connectivity index (χ3n) is 3.74. The van der Waals surface area contributed by atoms with Gasteiger partial charge < -0.3 is 9.64 Å². The van der Waals surface area contributed by atoms with Crippen LogP contribution in [-0.4, -0.2) is 29.9 Å². The predicted molar refractivity (Wildman–Crippen MR) is 101 cm³/mol. The highest BCUT2D eigenvalue weighted by atomic mass is 35.5. The van der Waals surface area contributed by atoms with Crippen molar-refractivity contribution < 1.29 is 9.53 Å². The second-order valence-electron chi connectivity index (χ2n) is 5.55. The molecule has 0 N–H and O–H groups in total. The fourth-order valence-corrected chi connectivity index (χ4v) is 3.30. The Morgan fingerprint density at radius 2 is 1.84 bits per heavy atom. The molecule has 3 rings (SSSR count). The highest BCUT2D eigenvalue weighted by molar-refractivity contribution is 7.13. The molecule has 25 heavy (non-hydrogen) atoms. The van der Waals surface area contributed by atoms with E-state index in [9.17, 15) is 4.79 Å². The third-order valence-corrected chi connectivity index (χ3v) is 4.88. The van der Waals surface area contributed by atoms with Gasteiger partial charge in [0, 0.05) is 29.6 Å². The number of rotatable bonds is 5. The molecule has 3 aromatic rings. The standard InChI is InChI=1S/C19H17ClN2O2S/c1-22(11-13-3-9-16(24-2)10-4-13)19(23)17-12-25-18(21-17)14-5-7-15(20)8-6-14/h3-10,12H,11H2,1-2H3. The molecule has 0 saturated heterocycles. The number of benzene rings is 2. The molecule has 1 amide bonds. The molecule has 1 heterocycles. The van der Waals surface area contributed by atoms with Crippen LogP contribution in [-0.2, 0) is 6.54 Å². The van der Waals surface area contributed by atoms with E-state index in [2.05, 4.69) is 4.98 Å². The highest BCUT2D eigenvalue weighted by Crippen LogP contribution is 2.25. The van der Waals surface area contributed by atoms with Crippen LogP contribution >= 0.6 is 22.9 Å². The SMILES string of the molecule is COc1ccc(CN(C)C(=O)c2csc(-c3ccc(Cl)cc3)n2)cc1. The Balaban J connectivity index is 1.70. The van der Waals surface area contributed by atoms with E-state index in [-0.39, 0.29) is 5.91 Å². The molecule has 0 radical (unpaired) electrons. The molecule has 0 aliphatic heterocycles. The van der Waals surface area contributed by atoms with Gasteiger partial charge in [0.05, 0.1) is 7.11 Å². The van der Waals surface area contributed by atoms with Crippen LogP contribution in [0.5, 0.6) is 5.75 Å². The molecule has 0 aliphatic carbocycles. The number of hydrogen-bond donors (Lipinski definition) is 0. The minimum Gasteiger partial charge on any atom is -0.497 e. The summed E-state index contributed by atoms with van der Waals surface area (Å²) in [6, 6.07) is 15.1. The monoisotopic (exact) mass is 372 g/mol. The van der Waals surface area contributed by atoms with Crippen molar-refractivity contribution in [3.63, 3.8) is 0 Å². The van der Waals surface area contributed by atoms with Gasteiger partial charge >= 0.3 is 0 Å². The molecule has 6 heteroatoms. The number of carbonyl (C=O) groups is 1. The summed E-state index contributed by atoms with van der Waals surface area (Å²) in [5, 5.41) is 3.27. The van der Waals surface area contributed by atoms with Crippen LogP contribution in [0.4, 0.5) is 0 Å². The fourth-order valence-electron chi connectivity index (χ4n) is 2.37. The first kappa shape index (κ1) is 17.5. The lowest BCUT2D eigenvalue weighted by Gasteiger charge is -2.16. The normalized spacial score (nSPS) is 10.5. The maximum absolute atomic E-state index is 12.6. The van der Waals surface area contributed by atoms with Crippen LogP contribution in [0.1, 0.15) is 16.1 Å². The van der Waals surface area contributed by atoms with Gasteiger partial charge in [0.15, 0.2) is 0 Å². The molecule has 0 spiro atoms. The van der Waals surface area contributed by atoms with Crippen molar-refractivity contribution in [2.24, 2.45) is 0 Å². The molecular formula is C19H17ClN2O2S. The minimum atomic E-state index is -0.104. The van der Waals surface area contributed by atoms with Gasteiger partial charge in [-0.3, -0.25) is 4.79 Å². The predicted octanol–water partition coefficient (Wildman–Crippen LogP) is 4.74. The molecule has 0 aliphatic rings. The van der Waals surface area contributed by atoms with Gasteiger partial charge in [-0.25, -0.2) is 4.98 Å². The smallest absolute Gasteiger partial charge is 0.273 e. The van der Waals surface area contributed by atoms with Crippen molar-refractivity contribution in [1.82, 2.24) is 9.88 Å². The number of amides is 1. The zero-order chi connectivity index (χ0) is 17.8. The summed E-state index contributed by atoms with van der Waals surface area (Å²) >= 11 is 7.35. The average molecular weight is 373 g/mol. The maximum atomic E-state index is 12.6. The zero-order valence-electron chi connectivity index (χ0n) is 13.9. The summed E-state index contributed by atoms with van der Waals surface area (Å²) < 4.78 is 5.15. The summed E-state index contributed by atoms with van der Waals surface area (Å²) in [6.07, 6.45) is 0. The second-order valence-corrected chi connectivity index (χ2v) is 6.85. The Morgan fingerprint density at radius 1 is 1.16 bits per heavy atom. The van der Waals surface area contributed by atoms with Crippen molar-refractivity contribution in [2.75, 3.05) is 14.2 Å². The molecule has 0 unspecified atom stereocenters. The van der Waals surface area contributed by atoms with Crippen LogP contribution in [0.3, 0.4) is 0 Å². The molecule has 0 atom stereocenters. The lowest BCUT2D eigenvalue weighted by atomic mass is 10.2. The van der Waals surface area contributed by atoms with Crippen molar-refractivity contribution in [1.29, 1.82) is 0 Å². The third kappa shape index (κ3) is 4.18. The van der Waals surface area contributed by atoms with Crippen LogP contribution in [0.25, 0.3) is 10.6 Å². The molecule has 128 valence electrons. The van der Waals surface area contributed by atoms with Crippen LogP contribution in [0.15, 0.2) is 53.9 Å². The van der Waals surface area contributed by atoms with E-state index in [1.54, 1.807) is 24.4 Å². The molecule has 2 aromatic carbocycles. The fraction of sp³-hybridized carbons (Fsp3) is 0.158. The maximum Gasteiger partial charge on any atom is 0.273 e. The van der Waals surface area contributed by atoms with Gasteiger partial charge in [-0.1, -0.05) is 35.9 Å². The quantitative estimate of drug-likeness (QED) is 0.649. The van der Waals surface area contributed by atoms with Crippen molar-refractivity contribution in [3.05, 3.63) is 70.2 Å². The highest BCUT2D eigenvalue weighted by Gasteiger charge is 2.16. The van der Waals surface area contributed by atoms with Gasteiger partial charge in [-0.15, -0.1) is 11.3 Å². The summed E-state index contributed by atoms with van der Waals surface area (Å²) in [4.78, 5) is 18.7. The van der Waals surface area contributed by atoms with Crippen molar-refractivity contribution >= 4 is 28.8 Å². The van der Waals surface area contributed by atoms with E-state index in [1.807, 2.05) is 48.5 Å². The topological polar surface area (TPSA) is 42.4 Å². The summed E-state index contributed by atoms with van der Waals surface area (Å²) in [6.45, 7) is 0.511. The van der Waals surface area contributed by atoms with E-state index in [0.717, 1.165) is 21.9 Å². The molecule has 0 bridgehead atoms. The van der Waals surface area contributed by atoms with E-state index in [4.69, 9.17) is 16.3 Å². The molecule has 0 fully saturated rings. The lowest BCUT2D eigenvalue weighted by Crippen LogP contribution is -2.26. The van der Waals surface area contributed by atoms with Crippen LogP contribution < -0.4 is 4.74 Å². The largest absolute Gasteiger partial charge is 0.497 e. The Labute approximate surface area is 155 Å². The Kier molecular flexibility index (Phi) is 5.36. The summed E-state index contributed by atoms with van der Waals surface area (Å²) in [5.41, 5.74) is 2.43. The van der Waals surface area contributed by atoms with E-state index >= 15 is 0 Å². The number of thiazole rings is 1. The van der Waals surface area contributed by atoms with Gasteiger partial charge in [-0.2, -0.15) is 0 Å². The summed E-state index contributed by atoms with van der Waals surface area (Å²) in [5.74, 6) is 0.692. The Hall–Kier alpha value is -2.37. The second kappa shape index (κ2) is 7.68. The molecule has 4 nitrogen and oxygen atoms in total. The number of aromatic nitrogens is 1. The number of hydrogen-bond acceptors (Lipinski definition) is 4. The van der Waals surface area contributed by atoms with E-state index < -0.39 is 0 Å². The van der Waals surface area contributed by atoms with E-state index in [1.165, 1.54) is 11.3 Å². The van der Waals surface area contributed by atoms with Gasteiger partial charge in [0.1, 0.15) is 16.5 Å². The molecule has 1 aromatic heterocycles. The first-order valence-corrected chi connectivity index (χ1v) is 8.92. The summed E-state index contributed by atoms with van der Waals surface area (Å²) in [7, 11) is 3.40.